The van der Waals surface area contributed by atoms with Gasteiger partial charge in [0, 0.05) is 11.9 Å². The van der Waals surface area contributed by atoms with E-state index in [1.807, 2.05) is 0 Å². The second-order valence-corrected chi connectivity index (χ2v) is 4.33. The van der Waals surface area contributed by atoms with Crippen LogP contribution in [-0.4, -0.2) is 22.0 Å². The molecule has 0 spiro atoms. The van der Waals surface area contributed by atoms with Crippen molar-refractivity contribution < 1.29 is 14.7 Å². The Hall–Kier alpha value is -2.60. The third kappa shape index (κ3) is 3.04. The van der Waals surface area contributed by atoms with Crippen molar-refractivity contribution in [3.63, 3.8) is 0 Å². The van der Waals surface area contributed by atoms with Crippen LogP contribution in [0.5, 0.6) is 0 Å². The van der Waals surface area contributed by atoms with E-state index in [-0.39, 0.29) is 16.1 Å². The van der Waals surface area contributed by atoms with Gasteiger partial charge in [-0.25, -0.2) is 9.78 Å². The SMILES string of the molecule is NC(=O)c1ccc(Nc2ccc(Cl)c(C(=O)O)c2)nc1. The molecule has 1 aromatic carbocycles. The Morgan fingerprint density at radius 3 is 2.55 bits per heavy atom. The van der Waals surface area contributed by atoms with Crippen LogP contribution < -0.4 is 11.1 Å². The van der Waals surface area contributed by atoms with Gasteiger partial charge in [0.25, 0.3) is 0 Å². The zero-order valence-electron chi connectivity index (χ0n) is 10.1. The van der Waals surface area contributed by atoms with Crippen LogP contribution in [0.25, 0.3) is 0 Å². The van der Waals surface area contributed by atoms with E-state index in [9.17, 15) is 9.59 Å². The lowest BCUT2D eigenvalue weighted by molar-refractivity contribution is 0.0697. The number of nitrogens with zero attached hydrogens (tertiary/aromatic N) is 1. The maximum atomic E-state index is 11.0. The maximum absolute atomic E-state index is 11.0. The van der Waals surface area contributed by atoms with Crippen LogP contribution in [0.4, 0.5) is 11.5 Å². The zero-order valence-corrected chi connectivity index (χ0v) is 10.9. The first-order valence-corrected chi connectivity index (χ1v) is 5.91. The molecule has 0 radical (unpaired) electrons. The highest BCUT2D eigenvalue weighted by Crippen LogP contribution is 2.22. The lowest BCUT2D eigenvalue weighted by atomic mass is 10.2. The molecule has 2 rings (SSSR count). The summed E-state index contributed by atoms with van der Waals surface area (Å²) in [4.78, 5) is 25.9. The van der Waals surface area contributed by atoms with Gasteiger partial charge in [-0.15, -0.1) is 0 Å². The first-order valence-electron chi connectivity index (χ1n) is 5.53. The number of carbonyl (C=O) groups is 2. The fourth-order valence-electron chi connectivity index (χ4n) is 1.53. The van der Waals surface area contributed by atoms with Gasteiger partial charge < -0.3 is 16.2 Å². The molecule has 0 saturated heterocycles. The normalized spacial score (nSPS) is 10.1. The first-order chi connectivity index (χ1) is 9.47. The smallest absolute Gasteiger partial charge is 0.337 e. The predicted octanol–water partition coefficient (Wildman–Crippen LogP) is 2.28. The topological polar surface area (TPSA) is 105 Å². The number of hydrogen-bond donors (Lipinski definition) is 3. The largest absolute Gasteiger partial charge is 0.478 e. The number of benzene rings is 1. The van der Waals surface area contributed by atoms with E-state index in [0.717, 1.165) is 0 Å². The van der Waals surface area contributed by atoms with Gasteiger partial charge in [-0.1, -0.05) is 11.6 Å². The third-order valence-corrected chi connectivity index (χ3v) is 2.85. The molecule has 2 aromatic rings. The van der Waals surface area contributed by atoms with E-state index in [0.29, 0.717) is 11.5 Å². The molecule has 0 unspecified atom stereocenters. The van der Waals surface area contributed by atoms with E-state index >= 15 is 0 Å². The number of carboxylic acids is 1. The van der Waals surface area contributed by atoms with Gasteiger partial charge in [0.1, 0.15) is 5.82 Å². The van der Waals surface area contributed by atoms with Gasteiger partial charge in [-0.2, -0.15) is 0 Å². The van der Waals surface area contributed by atoms with Crippen LogP contribution >= 0.6 is 11.6 Å². The Kier molecular flexibility index (Phi) is 3.86. The molecule has 20 heavy (non-hydrogen) atoms. The number of halogens is 1. The second kappa shape index (κ2) is 5.58. The molecule has 0 aliphatic carbocycles. The minimum atomic E-state index is -1.12. The van der Waals surface area contributed by atoms with Gasteiger partial charge in [-0.05, 0) is 30.3 Å². The van der Waals surface area contributed by atoms with Gasteiger partial charge in [-0.3, -0.25) is 4.79 Å². The molecule has 1 amide bonds. The van der Waals surface area contributed by atoms with E-state index in [1.165, 1.54) is 24.4 Å². The van der Waals surface area contributed by atoms with Gasteiger partial charge >= 0.3 is 5.97 Å². The lowest BCUT2D eigenvalue weighted by Crippen LogP contribution is -2.11. The summed E-state index contributed by atoms with van der Waals surface area (Å²) in [5.74, 6) is -1.23. The summed E-state index contributed by atoms with van der Waals surface area (Å²) in [5.41, 5.74) is 5.91. The highest BCUT2D eigenvalue weighted by atomic mass is 35.5. The van der Waals surface area contributed by atoms with Gasteiger partial charge in [0.05, 0.1) is 16.1 Å². The average Bonchev–Trinajstić information content (AvgIpc) is 2.41. The summed E-state index contributed by atoms with van der Waals surface area (Å²) in [6.45, 7) is 0. The molecule has 0 saturated carbocycles. The van der Waals surface area contributed by atoms with Crippen molar-refractivity contribution >= 4 is 35.0 Å². The number of amides is 1. The molecule has 0 fully saturated rings. The van der Waals surface area contributed by atoms with Crippen molar-refractivity contribution in [2.75, 3.05) is 5.32 Å². The number of carbonyl (C=O) groups excluding carboxylic acids is 1. The van der Waals surface area contributed by atoms with Crippen molar-refractivity contribution in [1.29, 1.82) is 0 Å². The van der Waals surface area contributed by atoms with Crippen molar-refractivity contribution in [3.05, 3.63) is 52.7 Å². The standard InChI is InChI=1S/C13H10ClN3O3/c14-10-3-2-8(5-9(10)13(19)20)17-11-4-1-7(6-16-11)12(15)18/h1-6H,(H2,15,18)(H,16,17)(H,19,20). The summed E-state index contributed by atoms with van der Waals surface area (Å²) < 4.78 is 0. The minimum Gasteiger partial charge on any atom is -0.478 e. The van der Waals surface area contributed by atoms with Crippen LogP contribution in [0.15, 0.2) is 36.5 Å². The van der Waals surface area contributed by atoms with E-state index in [1.54, 1.807) is 12.1 Å². The average molecular weight is 292 g/mol. The van der Waals surface area contributed by atoms with Crippen molar-refractivity contribution in [2.45, 2.75) is 0 Å². The van der Waals surface area contributed by atoms with Crippen LogP contribution in [0, 0.1) is 0 Å². The van der Waals surface area contributed by atoms with E-state index in [4.69, 9.17) is 22.4 Å². The Balaban J connectivity index is 2.23. The molecule has 1 aromatic heterocycles. The molecule has 4 N–H and O–H groups in total. The number of rotatable bonds is 4. The molecule has 0 aliphatic rings. The fourth-order valence-corrected chi connectivity index (χ4v) is 1.73. The molecular weight excluding hydrogens is 282 g/mol. The summed E-state index contributed by atoms with van der Waals surface area (Å²) in [5, 5.41) is 12.0. The number of hydrogen-bond acceptors (Lipinski definition) is 4. The molecule has 102 valence electrons. The summed E-state index contributed by atoms with van der Waals surface area (Å²) in [7, 11) is 0. The number of carboxylic acid groups (broad SMARTS) is 1. The summed E-state index contributed by atoms with van der Waals surface area (Å²) in [6.07, 6.45) is 1.33. The highest BCUT2D eigenvalue weighted by Gasteiger charge is 2.09. The van der Waals surface area contributed by atoms with Crippen LogP contribution in [0.2, 0.25) is 5.02 Å². The lowest BCUT2D eigenvalue weighted by Gasteiger charge is -2.07. The van der Waals surface area contributed by atoms with Crippen molar-refractivity contribution in [3.8, 4) is 0 Å². The molecule has 0 atom stereocenters. The van der Waals surface area contributed by atoms with E-state index < -0.39 is 11.9 Å². The number of anilines is 2. The minimum absolute atomic E-state index is 0.00887. The second-order valence-electron chi connectivity index (χ2n) is 3.92. The Morgan fingerprint density at radius 1 is 1.25 bits per heavy atom. The monoisotopic (exact) mass is 291 g/mol. The maximum Gasteiger partial charge on any atom is 0.337 e. The Bertz CT molecular complexity index is 671. The number of nitrogens with two attached hydrogens (primary N) is 1. The molecule has 7 heteroatoms. The quantitative estimate of drug-likeness (QED) is 0.801. The molecule has 1 heterocycles. The van der Waals surface area contributed by atoms with Crippen molar-refractivity contribution in [2.24, 2.45) is 5.73 Å². The van der Waals surface area contributed by atoms with E-state index in [2.05, 4.69) is 10.3 Å². The predicted molar refractivity (Wildman–Crippen MR) is 74.4 cm³/mol. The number of primary amides is 1. The summed E-state index contributed by atoms with van der Waals surface area (Å²) >= 11 is 5.77. The number of aromatic nitrogens is 1. The fraction of sp³-hybridized carbons (Fsp3) is 0. The van der Waals surface area contributed by atoms with Crippen LogP contribution in [-0.2, 0) is 0 Å². The van der Waals surface area contributed by atoms with Gasteiger partial charge in [0.2, 0.25) is 5.91 Å². The number of nitrogens with one attached hydrogen (secondary N) is 1. The highest BCUT2D eigenvalue weighted by molar-refractivity contribution is 6.33. The molecule has 0 bridgehead atoms. The van der Waals surface area contributed by atoms with Gasteiger partial charge in [0.15, 0.2) is 0 Å². The van der Waals surface area contributed by atoms with Crippen LogP contribution in [0.1, 0.15) is 20.7 Å². The zero-order chi connectivity index (χ0) is 14.7. The Morgan fingerprint density at radius 2 is 2.00 bits per heavy atom. The number of pyridine rings is 1. The summed E-state index contributed by atoms with van der Waals surface area (Å²) in [6, 6.07) is 7.58. The molecule has 0 aliphatic heterocycles. The van der Waals surface area contributed by atoms with Crippen LogP contribution in [0.3, 0.4) is 0 Å². The van der Waals surface area contributed by atoms with Crippen molar-refractivity contribution in [1.82, 2.24) is 4.98 Å². The molecule has 6 nitrogen and oxygen atoms in total. The molecular formula is C13H10ClN3O3. The Labute approximate surface area is 119 Å². The first kappa shape index (κ1) is 13.8. The third-order valence-electron chi connectivity index (χ3n) is 2.52. The number of aromatic carboxylic acids is 1.